The number of nitrogens with one attached hydrogen (secondary N) is 1. The summed E-state index contributed by atoms with van der Waals surface area (Å²) in [5, 5.41) is 3.35. The molecule has 1 nitrogen and oxygen atoms in total. The van der Waals surface area contributed by atoms with E-state index in [0.717, 1.165) is 29.8 Å². The Morgan fingerprint density at radius 1 is 1.41 bits per heavy atom. The lowest BCUT2D eigenvalue weighted by Crippen LogP contribution is -1.99. The van der Waals surface area contributed by atoms with Gasteiger partial charge in [0.05, 0.1) is 5.70 Å². The third-order valence-electron chi connectivity index (χ3n) is 2.71. The minimum absolute atomic E-state index is 0.972. The van der Waals surface area contributed by atoms with Crippen molar-refractivity contribution in [3.63, 3.8) is 0 Å². The van der Waals surface area contributed by atoms with Gasteiger partial charge in [-0.05, 0) is 43.5 Å². The predicted octanol–water partition coefficient (Wildman–Crippen LogP) is 4.91. The van der Waals surface area contributed by atoms with Gasteiger partial charge in [0.25, 0.3) is 0 Å². The van der Waals surface area contributed by atoms with Crippen LogP contribution in [0.4, 0.5) is 5.69 Å². The van der Waals surface area contributed by atoms with Crippen molar-refractivity contribution < 1.29 is 0 Å². The second kappa shape index (κ2) is 6.12. The van der Waals surface area contributed by atoms with Crippen LogP contribution < -0.4 is 5.32 Å². The van der Waals surface area contributed by atoms with Crippen LogP contribution in [0, 0.1) is 6.92 Å². The lowest BCUT2D eigenvalue weighted by Gasteiger charge is -2.11. The molecule has 1 heteroatoms. The Hall–Kier alpha value is -1.72. The molecule has 1 N–H and O–H groups in total. The highest BCUT2D eigenvalue weighted by Gasteiger charge is 2.02. The highest BCUT2D eigenvalue weighted by Crippen LogP contribution is 2.22. The van der Waals surface area contributed by atoms with Crippen molar-refractivity contribution in [2.24, 2.45) is 0 Å². The summed E-state index contributed by atoms with van der Waals surface area (Å²) in [6, 6.07) is 6.32. The fourth-order valence-corrected chi connectivity index (χ4v) is 1.78. The molecule has 0 aliphatic heterocycles. The molecular formula is C16H21N. The molecular weight excluding hydrogens is 206 g/mol. The monoisotopic (exact) mass is 227 g/mol. The first-order valence-corrected chi connectivity index (χ1v) is 6.01. The van der Waals surface area contributed by atoms with Crippen LogP contribution >= 0.6 is 0 Å². The SMILES string of the molecule is C=C=C(CCC)Nc1ccc(C)c(C(=C)C)c1. The van der Waals surface area contributed by atoms with Gasteiger partial charge in [0.1, 0.15) is 0 Å². The number of allylic oxidation sites excluding steroid dienone is 2. The van der Waals surface area contributed by atoms with E-state index in [1.165, 1.54) is 11.1 Å². The summed E-state index contributed by atoms with van der Waals surface area (Å²) in [5.74, 6) is 0. The summed E-state index contributed by atoms with van der Waals surface area (Å²) < 4.78 is 0. The lowest BCUT2D eigenvalue weighted by molar-refractivity contribution is 0.912. The van der Waals surface area contributed by atoms with Gasteiger partial charge in [-0.1, -0.05) is 38.1 Å². The molecule has 0 aliphatic rings. The van der Waals surface area contributed by atoms with E-state index < -0.39 is 0 Å². The Bertz CT molecular complexity index is 462. The van der Waals surface area contributed by atoms with Crippen LogP contribution in [0.1, 0.15) is 37.8 Å². The summed E-state index contributed by atoms with van der Waals surface area (Å²) in [6.07, 6.45) is 2.06. The van der Waals surface area contributed by atoms with E-state index in [9.17, 15) is 0 Å². The van der Waals surface area contributed by atoms with Gasteiger partial charge >= 0.3 is 0 Å². The Labute approximate surface area is 105 Å². The van der Waals surface area contributed by atoms with E-state index >= 15 is 0 Å². The van der Waals surface area contributed by atoms with Crippen molar-refractivity contribution in [1.29, 1.82) is 0 Å². The van der Waals surface area contributed by atoms with E-state index in [-0.39, 0.29) is 0 Å². The number of hydrogen-bond donors (Lipinski definition) is 1. The minimum atomic E-state index is 0.972. The third kappa shape index (κ3) is 3.65. The highest BCUT2D eigenvalue weighted by atomic mass is 14.9. The zero-order chi connectivity index (χ0) is 12.8. The molecule has 0 saturated carbocycles. The van der Waals surface area contributed by atoms with Crippen molar-refractivity contribution >= 4 is 11.3 Å². The molecule has 1 aromatic carbocycles. The molecule has 0 atom stereocenters. The normalized spacial score (nSPS) is 9.59. The molecule has 0 bridgehead atoms. The van der Waals surface area contributed by atoms with E-state index in [1.807, 2.05) is 6.92 Å². The molecule has 90 valence electrons. The fraction of sp³-hybridized carbons (Fsp3) is 0.312. The van der Waals surface area contributed by atoms with Gasteiger partial charge in [-0.3, -0.25) is 0 Å². The van der Waals surface area contributed by atoms with Gasteiger partial charge in [-0.25, -0.2) is 0 Å². The molecule has 0 amide bonds. The van der Waals surface area contributed by atoms with Crippen LogP contribution in [0.25, 0.3) is 5.57 Å². The Morgan fingerprint density at radius 2 is 2.12 bits per heavy atom. The van der Waals surface area contributed by atoms with Crippen LogP contribution in [-0.4, -0.2) is 0 Å². The second-order valence-electron chi connectivity index (χ2n) is 4.34. The second-order valence-corrected chi connectivity index (χ2v) is 4.34. The standard InChI is InChI=1S/C16H21N/c1-6-8-14(7-2)17-15-10-9-13(5)16(11-15)12(3)4/h9-11,17H,2-3,6,8H2,1,4-5H3. The molecule has 0 unspecified atom stereocenters. The van der Waals surface area contributed by atoms with Crippen molar-refractivity contribution in [3.05, 3.63) is 53.9 Å². The van der Waals surface area contributed by atoms with Gasteiger partial charge in [0, 0.05) is 5.69 Å². The number of anilines is 1. The number of rotatable bonds is 5. The average molecular weight is 227 g/mol. The maximum Gasteiger partial charge on any atom is 0.0575 e. The Kier molecular flexibility index (Phi) is 4.81. The third-order valence-corrected chi connectivity index (χ3v) is 2.71. The number of benzene rings is 1. The molecule has 0 aromatic heterocycles. The van der Waals surface area contributed by atoms with Gasteiger partial charge < -0.3 is 5.32 Å². The first kappa shape index (κ1) is 13.3. The summed E-state index contributed by atoms with van der Waals surface area (Å²) >= 11 is 0. The average Bonchev–Trinajstić information content (AvgIpc) is 2.30. The molecule has 0 spiro atoms. The summed E-state index contributed by atoms with van der Waals surface area (Å²) in [7, 11) is 0. The lowest BCUT2D eigenvalue weighted by atomic mass is 10.0. The largest absolute Gasteiger partial charge is 0.353 e. The molecule has 1 rings (SSSR count). The maximum absolute atomic E-state index is 4.00. The summed E-state index contributed by atoms with van der Waals surface area (Å²) in [6.45, 7) is 14.0. The van der Waals surface area contributed by atoms with Crippen molar-refractivity contribution in [2.45, 2.75) is 33.6 Å². The molecule has 0 radical (unpaired) electrons. The molecule has 0 fully saturated rings. The number of aryl methyl sites for hydroxylation is 1. The highest BCUT2D eigenvalue weighted by molar-refractivity contribution is 5.69. The van der Waals surface area contributed by atoms with Gasteiger partial charge in [-0.15, -0.1) is 5.73 Å². The van der Waals surface area contributed by atoms with Crippen molar-refractivity contribution in [3.8, 4) is 0 Å². The quantitative estimate of drug-likeness (QED) is 0.705. The van der Waals surface area contributed by atoms with E-state index in [2.05, 4.69) is 56.3 Å². The molecule has 0 aliphatic carbocycles. The van der Waals surface area contributed by atoms with Crippen LogP contribution in [0.3, 0.4) is 0 Å². The molecule has 1 aromatic rings. The minimum Gasteiger partial charge on any atom is -0.353 e. The smallest absolute Gasteiger partial charge is 0.0575 e. The number of hydrogen-bond acceptors (Lipinski definition) is 1. The molecule has 0 heterocycles. The van der Waals surface area contributed by atoms with E-state index in [0.29, 0.717) is 0 Å². The zero-order valence-corrected chi connectivity index (χ0v) is 11.1. The van der Waals surface area contributed by atoms with Crippen LogP contribution in [0.15, 0.2) is 42.8 Å². The first-order chi connectivity index (χ1) is 8.08. The summed E-state index contributed by atoms with van der Waals surface area (Å²) in [4.78, 5) is 0. The molecule has 0 saturated heterocycles. The zero-order valence-electron chi connectivity index (χ0n) is 11.1. The molecule has 17 heavy (non-hydrogen) atoms. The first-order valence-electron chi connectivity index (χ1n) is 6.01. The topological polar surface area (TPSA) is 12.0 Å². The Morgan fingerprint density at radius 3 is 2.65 bits per heavy atom. The van der Waals surface area contributed by atoms with Gasteiger partial charge in [0.15, 0.2) is 0 Å². The van der Waals surface area contributed by atoms with Crippen molar-refractivity contribution in [2.75, 3.05) is 5.32 Å². The van der Waals surface area contributed by atoms with Crippen LogP contribution in [0.2, 0.25) is 0 Å². The maximum atomic E-state index is 4.00. The van der Waals surface area contributed by atoms with E-state index in [4.69, 9.17) is 0 Å². The van der Waals surface area contributed by atoms with E-state index in [1.54, 1.807) is 0 Å². The van der Waals surface area contributed by atoms with Crippen molar-refractivity contribution in [1.82, 2.24) is 0 Å². The van der Waals surface area contributed by atoms with Crippen LogP contribution in [-0.2, 0) is 0 Å². The fourth-order valence-electron chi connectivity index (χ4n) is 1.78. The van der Waals surface area contributed by atoms with Crippen LogP contribution in [0.5, 0.6) is 0 Å². The summed E-state index contributed by atoms with van der Waals surface area (Å²) in [5.41, 5.74) is 8.62. The predicted molar refractivity (Wildman–Crippen MR) is 77.1 cm³/mol. The van der Waals surface area contributed by atoms with Gasteiger partial charge in [-0.2, -0.15) is 0 Å². The van der Waals surface area contributed by atoms with Gasteiger partial charge in [0.2, 0.25) is 0 Å². The Balaban J connectivity index is 2.97.